The molecule has 0 aliphatic carbocycles. The Bertz CT molecular complexity index is 647. The second-order valence-corrected chi connectivity index (χ2v) is 4.78. The summed E-state index contributed by atoms with van der Waals surface area (Å²) in [6, 6.07) is 8.26. The smallest absolute Gasteiger partial charge is 0.318 e. The maximum atomic E-state index is 13.6. The first-order valence-corrected chi connectivity index (χ1v) is 6.26. The molecule has 0 aliphatic heterocycles. The number of hydrogen-bond acceptors (Lipinski definition) is 4. The van der Waals surface area contributed by atoms with Gasteiger partial charge in [-0.3, -0.25) is 10.1 Å². The number of aryl methyl sites for hydroxylation is 1. The van der Waals surface area contributed by atoms with E-state index in [1.54, 1.807) is 12.1 Å². The highest BCUT2D eigenvalue weighted by Gasteiger charge is 2.22. The van der Waals surface area contributed by atoms with Crippen LogP contribution in [0.2, 0.25) is 0 Å². The average Bonchev–Trinajstić information content (AvgIpc) is 2.38. The molecular formula is C13H9F2NO3S. The summed E-state index contributed by atoms with van der Waals surface area (Å²) in [5, 5.41) is 10.8. The van der Waals surface area contributed by atoms with Crippen LogP contribution in [0.15, 0.2) is 41.3 Å². The zero-order valence-electron chi connectivity index (χ0n) is 10.3. The van der Waals surface area contributed by atoms with E-state index in [1.807, 2.05) is 19.1 Å². The number of halogens is 2. The van der Waals surface area contributed by atoms with Crippen molar-refractivity contribution >= 4 is 17.7 Å². The van der Waals surface area contributed by atoms with Gasteiger partial charge < -0.3 is 4.18 Å². The molecule has 0 saturated heterocycles. The van der Waals surface area contributed by atoms with Crippen LogP contribution in [0.4, 0.5) is 14.5 Å². The van der Waals surface area contributed by atoms with Gasteiger partial charge in [-0.05, 0) is 19.1 Å². The lowest BCUT2D eigenvalue weighted by molar-refractivity contribution is -0.385. The van der Waals surface area contributed by atoms with Crippen molar-refractivity contribution in [2.45, 2.75) is 11.8 Å². The standard InChI is InChI=1S/C13H9F2NO3S/c1-8-2-4-10(5-3-8)20-19-13-11(15)6-9(14)7-12(13)16(17)18/h2-7H,1H3. The molecular weight excluding hydrogens is 288 g/mol. The third-order valence-electron chi connectivity index (χ3n) is 2.43. The lowest BCUT2D eigenvalue weighted by atomic mass is 10.2. The van der Waals surface area contributed by atoms with E-state index in [2.05, 4.69) is 0 Å². The Hall–Kier alpha value is -2.15. The van der Waals surface area contributed by atoms with Crippen LogP contribution in [0, 0.1) is 28.7 Å². The molecule has 0 bridgehead atoms. The lowest BCUT2D eigenvalue weighted by Crippen LogP contribution is -1.97. The Labute approximate surface area is 117 Å². The quantitative estimate of drug-likeness (QED) is 0.480. The summed E-state index contributed by atoms with van der Waals surface area (Å²) in [4.78, 5) is 10.5. The molecule has 0 saturated carbocycles. The molecule has 0 fully saturated rings. The van der Waals surface area contributed by atoms with Crippen LogP contribution in [0.5, 0.6) is 5.75 Å². The summed E-state index contributed by atoms with van der Waals surface area (Å²) < 4.78 is 31.6. The molecule has 4 nitrogen and oxygen atoms in total. The number of nitrogens with zero attached hydrogens (tertiary/aromatic N) is 1. The minimum absolute atomic E-state index is 0.540. The van der Waals surface area contributed by atoms with E-state index in [0.717, 1.165) is 17.6 Å². The summed E-state index contributed by atoms with van der Waals surface area (Å²) in [6.45, 7) is 1.90. The zero-order valence-corrected chi connectivity index (χ0v) is 11.1. The predicted octanol–water partition coefficient (Wildman–Crippen LogP) is 4.27. The molecule has 7 heteroatoms. The van der Waals surface area contributed by atoms with Gasteiger partial charge in [-0.1, -0.05) is 17.7 Å². The normalized spacial score (nSPS) is 10.3. The lowest BCUT2D eigenvalue weighted by Gasteiger charge is -2.06. The van der Waals surface area contributed by atoms with Gasteiger partial charge in [-0.15, -0.1) is 0 Å². The van der Waals surface area contributed by atoms with Crippen LogP contribution < -0.4 is 4.18 Å². The second kappa shape index (κ2) is 5.87. The Morgan fingerprint density at radius 3 is 2.45 bits per heavy atom. The highest BCUT2D eigenvalue weighted by molar-refractivity contribution is 7.95. The van der Waals surface area contributed by atoms with E-state index in [4.69, 9.17) is 4.18 Å². The molecule has 2 aromatic rings. The van der Waals surface area contributed by atoms with Crippen molar-refractivity contribution in [2.75, 3.05) is 0 Å². The summed E-state index contributed by atoms with van der Waals surface area (Å²) in [7, 11) is 0. The monoisotopic (exact) mass is 297 g/mol. The van der Waals surface area contributed by atoms with Crippen molar-refractivity contribution in [1.29, 1.82) is 0 Å². The predicted molar refractivity (Wildman–Crippen MR) is 70.7 cm³/mol. The van der Waals surface area contributed by atoms with E-state index < -0.39 is 28.0 Å². The van der Waals surface area contributed by atoms with Gasteiger partial charge in [0.05, 0.1) is 23.0 Å². The molecule has 104 valence electrons. The van der Waals surface area contributed by atoms with Crippen LogP contribution in [0.1, 0.15) is 5.56 Å². The topological polar surface area (TPSA) is 52.4 Å². The van der Waals surface area contributed by atoms with E-state index in [9.17, 15) is 18.9 Å². The van der Waals surface area contributed by atoms with Crippen molar-refractivity contribution in [2.24, 2.45) is 0 Å². The summed E-state index contributed by atoms with van der Waals surface area (Å²) in [5.41, 5.74) is 0.287. The van der Waals surface area contributed by atoms with Crippen LogP contribution in [-0.2, 0) is 0 Å². The summed E-state index contributed by atoms with van der Waals surface area (Å²) >= 11 is 0.767. The van der Waals surface area contributed by atoms with Gasteiger partial charge in [-0.2, -0.15) is 0 Å². The fourth-order valence-electron chi connectivity index (χ4n) is 1.45. The second-order valence-electron chi connectivity index (χ2n) is 3.97. The third-order valence-corrected chi connectivity index (χ3v) is 3.14. The van der Waals surface area contributed by atoms with Crippen LogP contribution >= 0.6 is 12.0 Å². The van der Waals surface area contributed by atoms with Crippen LogP contribution in [0.25, 0.3) is 0 Å². The third kappa shape index (κ3) is 3.24. The number of nitro groups is 1. The number of rotatable bonds is 4. The van der Waals surface area contributed by atoms with Gasteiger partial charge in [-0.25, -0.2) is 8.78 Å². The van der Waals surface area contributed by atoms with E-state index in [1.165, 1.54) is 0 Å². The number of hydrogen-bond donors (Lipinski definition) is 0. The van der Waals surface area contributed by atoms with E-state index in [-0.39, 0.29) is 0 Å². The molecule has 2 rings (SSSR count). The molecule has 0 N–H and O–H groups in total. The van der Waals surface area contributed by atoms with Crippen molar-refractivity contribution in [1.82, 2.24) is 0 Å². The number of benzene rings is 2. The summed E-state index contributed by atoms with van der Waals surface area (Å²) in [6.07, 6.45) is 0. The largest absolute Gasteiger partial charge is 0.410 e. The van der Waals surface area contributed by atoms with Gasteiger partial charge in [0.1, 0.15) is 5.82 Å². The van der Waals surface area contributed by atoms with Crippen LogP contribution in [-0.4, -0.2) is 4.92 Å². The Balaban J connectivity index is 2.24. The molecule has 20 heavy (non-hydrogen) atoms. The zero-order chi connectivity index (χ0) is 14.7. The molecule has 0 amide bonds. The van der Waals surface area contributed by atoms with Gasteiger partial charge in [0.2, 0.25) is 0 Å². The Kier molecular flexibility index (Phi) is 4.19. The van der Waals surface area contributed by atoms with Gasteiger partial charge in [0.15, 0.2) is 5.82 Å². The highest BCUT2D eigenvalue weighted by Crippen LogP contribution is 2.35. The maximum Gasteiger partial charge on any atom is 0.318 e. The van der Waals surface area contributed by atoms with E-state index >= 15 is 0 Å². The first-order chi connectivity index (χ1) is 9.47. The molecule has 0 unspecified atom stereocenters. The molecule has 0 aliphatic rings. The molecule has 0 aromatic heterocycles. The Morgan fingerprint density at radius 1 is 1.20 bits per heavy atom. The van der Waals surface area contributed by atoms with Crippen molar-refractivity contribution in [3.8, 4) is 5.75 Å². The van der Waals surface area contributed by atoms with Gasteiger partial charge in [0, 0.05) is 11.0 Å². The average molecular weight is 297 g/mol. The van der Waals surface area contributed by atoms with Crippen LogP contribution in [0.3, 0.4) is 0 Å². The molecule has 0 heterocycles. The fourth-order valence-corrected chi connectivity index (χ4v) is 2.04. The van der Waals surface area contributed by atoms with Crippen molar-refractivity contribution in [3.63, 3.8) is 0 Å². The maximum absolute atomic E-state index is 13.6. The van der Waals surface area contributed by atoms with E-state index in [0.29, 0.717) is 17.0 Å². The first kappa shape index (κ1) is 14.3. The number of nitro benzene ring substituents is 1. The van der Waals surface area contributed by atoms with Gasteiger partial charge in [0.25, 0.3) is 5.75 Å². The minimum atomic E-state index is -1.11. The van der Waals surface area contributed by atoms with Crippen molar-refractivity contribution < 1.29 is 17.9 Å². The summed E-state index contributed by atoms with van der Waals surface area (Å²) in [5.74, 6) is -2.74. The molecule has 0 atom stereocenters. The highest BCUT2D eigenvalue weighted by atomic mass is 32.2. The Morgan fingerprint density at radius 2 is 1.85 bits per heavy atom. The molecule has 2 aromatic carbocycles. The minimum Gasteiger partial charge on any atom is -0.410 e. The fraction of sp³-hybridized carbons (Fsp3) is 0.0769. The molecule has 0 spiro atoms. The van der Waals surface area contributed by atoms with Crippen molar-refractivity contribution in [3.05, 3.63) is 63.7 Å². The molecule has 0 radical (unpaired) electrons. The first-order valence-electron chi connectivity index (χ1n) is 5.52. The van der Waals surface area contributed by atoms with Gasteiger partial charge >= 0.3 is 5.69 Å². The SMILES string of the molecule is Cc1ccc(SOc2c(F)cc(F)cc2[N+](=O)[O-])cc1.